The van der Waals surface area contributed by atoms with Crippen molar-refractivity contribution in [3.8, 4) is 11.1 Å². The molecule has 0 N–H and O–H groups in total. The van der Waals surface area contributed by atoms with Gasteiger partial charge in [0.05, 0.1) is 0 Å². The summed E-state index contributed by atoms with van der Waals surface area (Å²) >= 11 is 0. The lowest BCUT2D eigenvalue weighted by Gasteiger charge is -2.03. The molecule has 0 saturated heterocycles. The zero-order valence-electron chi connectivity index (χ0n) is 8.79. The maximum atomic E-state index is 11.6. The van der Waals surface area contributed by atoms with Crippen LogP contribution in [0.5, 0.6) is 0 Å². The Morgan fingerprint density at radius 3 is 2.31 bits per heavy atom. The first-order valence-corrected chi connectivity index (χ1v) is 6.32. The van der Waals surface area contributed by atoms with Crippen LogP contribution in [0, 0.1) is 0 Å². The molecule has 1 aromatic heterocycles. The maximum Gasteiger partial charge on any atom is 0.262 e. The monoisotopic (exact) mass is 233 g/mol. The molecule has 2 aromatic rings. The Morgan fingerprint density at radius 1 is 1.06 bits per heavy atom. The van der Waals surface area contributed by atoms with Crippen molar-refractivity contribution in [2.45, 2.75) is 0 Å². The summed E-state index contributed by atoms with van der Waals surface area (Å²) in [6.45, 7) is 0. The van der Waals surface area contributed by atoms with Crippen LogP contribution in [0.1, 0.15) is 0 Å². The van der Waals surface area contributed by atoms with Crippen LogP contribution in [0.4, 0.5) is 0 Å². The van der Waals surface area contributed by atoms with Crippen molar-refractivity contribution < 1.29 is 4.21 Å². The predicted molar refractivity (Wildman–Crippen MR) is 65.6 cm³/mol. The third kappa shape index (κ3) is 2.12. The van der Waals surface area contributed by atoms with E-state index < -0.39 is 11.0 Å². The highest BCUT2D eigenvalue weighted by molar-refractivity contribution is 7.82. The maximum absolute atomic E-state index is 11.6. The van der Waals surface area contributed by atoms with Gasteiger partial charge in [-0.1, -0.05) is 30.3 Å². The number of hydrogen-bond donors (Lipinski definition) is 0. The molecule has 0 radical (unpaired) electrons. The summed E-state index contributed by atoms with van der Waals surface area (Å²) in [7, 11) is -1.30. The smallest absolute Gasteiger partial charge is 0.262 e. The topological polar surface area (TPSA) is 39.1 Å². The summed E-state index contributed by atoms with van der Waals surface area (Å²) in [5.41, 5.74) is 1.57. The van der Waals surface area contributed by atoms with E-state index in [-0.39, 0.29) is 5.56 Å². The van der Waals surface area contributed by atoms with Gasteiger partial charge in [0.1, 0.15) is 11.0 Å². The Balaban J connectivity index is 2.51. The minimum absolute atomic E-state index is 0.248. The van der Waals surface area contributed by atoms with E-state index in [1.165, 1.54) is 16.3 Å². The highest BCUT2D eigenvalue weighted by Crippen LogP contribution is 2.16. The zero-order valence-corrected chi connectivity index (χ0v) is 9.61. The third-order valence-corrected chi connectivity index (χ3v) is 3.13. The summed E-state index contributed by atoms with van der Waals surface area (Å²) in [6.07, 6.45) is 3.03. The normalized spacial score (nSPS) is 12.3. The van der Waals surface area contributed by atoms with Gasteiger partial charge in [-0.05, 0) is 17.2 Å². The van der Waals surface area contributed by atoms with Gasteiger partial charge in [0.25, 0.3) is 5.56 Å². The Hall–Kier alpha value is -1.68. The molecule has 1 unspecified atom stereocenters. The van der Waals surface area contributed by atoms with Gasteiger partial charge in [-0.25, -0.2) is 8.18 Å². The predicted octanol–water partition coefficient (Wildman–Crippen LogP) is 1.66. The second-order valence-corrected chi connectivity index (χ2v) is 4.61. The van der Waals surface area contributed by atoms with Gasteiger partial charge < -0.3 is 0 Å². The minimum atomic E-state index is -1.30. The summed E-state index contributed by atoms with van der Waals surface area (Å²) < 4.78 is 12.4. The fourth-order valence-corrected chi connectivity index (χ4v) is 2.03. The molecule has 1 atom stereocenters. The van der Waals surface area contributed by atoms with E-state index in [1.807, 2.05) is 30.3 Å². The van der Waals surface area contributed by atoms with Gasteiger partial charge in [-0.3, -0.25) is 4.79 Å². The zero-order chi connectivity index (χ0) is 11.5. The quantitative estimate of drug-likeness (QED) is 0.791. The van der Waals surface area contributed by atoms with Crippen molar-refractivity contribution in [2.75, 3.05) is 6.26 Å². The van der Waals surface area contributed by atoms with Crippen LogP contribution >= 0.6 is 0 Å². The largest absolute Gasteiger partial charge is 0.268 e. The van der Waals surface area contributed by atoms with E-state index in [2.05, 4.69) is 0 Å². The molecule has 0 bridgehead atoms. The molecule has 0 fully saturated rings. The molecule has 4 heteroatoms. The molecule has 0 aliphatic rings. The number of rotatable bonds is 2. The number of pyridine rings is 1. The molecular weight excluding hydrogens is 222 g/mol. The SMILES string of the molecule is CS(=O)n1ccc(-c2ccccc2)cc1=O. The van der Waals surface area contributed by atoms with Crippen molar-refractivity contribution >= 4 is 11.0 Å². The molecule has 16 heavy (non-hydrogen) atoms. The molecule has 2 rings (SSSR count). The van der Waals surface area contributed by atoms with E-state index in [9.17, 15) is 9.00 Å². The van der Waals surface area contributed by atoms with Gasteiger partial charge in [0, 0.05) is 18.5 Å². The van der Waals surface area contributed by atoms with Crippen LogP contribution in [0.15, 0.2) is 53.5 Å². The Labute approximate surface area is 96.0 Å². The lowest BCUT2D eigenvalue weighted by atomic mass is 10.1. The van der Waals surface area contributed by atoms with Crippen LogP contribution in [0.3, 0.4) is 0 Å². The number of nitrogens with zero attached hydrogens (tertiary/aromatic N) is 1. The Kier molecular flexibility index (Phi) is 3.01. The second-order valence-electron chi connectivity index (χ2n) is 3.37. The molecule has 0 amide bonds. The molecule has 82 valence electrons. The average Bonchev–Trinajstić information content (AvgIpc) is 2.29. The summed E-state index contributed by atoms with van der Waals surface area (Å²) in [6, 6.07) is 12.9. The van der Waals surface area contributed by atoms with E-state index in [0.29, 0.717) is 0 Å². The Bertz CT molecular complexity index is 575. The molecule has 0 aliphatic carbocycles. The van der Waals surface area contributed by atoms with E-state index in [1.54, 1.807) is 12.3 Å². The van der Waals surface area contributed by atoms with Crippen LogP contribution in [-0.2, 0) is 11.0 Å². The number of aromatic nitrogens is 1. The third-order valence-electron chi connectivity index (χ3n) is 2.27. The van der Waals surface area contributed by atoms with Gasteiger partial charge in [0.15, 0.2) is 0 Å². The van der Waals surface area contributed by atoms with Crippen LogP contribution < -0.4 is 5.56 Å². The fraction of sp³-hybridized carbons (Fsp3) is 0.0833. The molecule has 1 heterocycles. The van der Waals surface area contributed by atoms with Gasteiger partial charge in [0.2, 0.25) is 0 Å². The number of benzene rings is 1. The first-order valence-electron chi connectivity index (χ1n) is 4.80. The van der Waals surface area contributed by atoms with Crippen molar-refractivity contribution in [3.63, 3.8) is 0 Å². The van der Waals surface area contributed by atoms with Gasteiger partial charge in [-0.15, -0.1) is 0 Å². The van der Waals surface area contributed by atoms with Crippen molar-refractivity contribution in [1.29, 1.82) is 0 Å². The highest BCUT2D eigenvalue weighted by Gasteiger charge is 2.02. The molecule has 1 aromatic carbocycles. The summed E-state index contributed by atoms with van der Waals surface area (Å²) in [5.74, 6) is 0. The lowest BCUT2D eigenvalue weighted by Crippen LogP contribution is -2.20. The molecule has 0 spiro atoms. The standard InChI is InChI=1S/C12H11NO2S/c1-16(15)13-8-7-11(9-12(13)14)10-5-3-2-4-6-10/h2-9H,1H3. The second kappa shape index (κ2) is 4.45. The van der Waals surface area contributed by atoms with Crippen molar-refractivity contribution in [1.82, 2.24) is 3.97 Å². The van der Waals surface area contributed by atoms with Crippen LogP contribution in [0.2, 0.25) is 0 Å². The average molecular weight is 233 g/mol. The first-order chi connectivity index (χ1) is 7.68. The fourth-order valence-electron chi connectivity index (χ4n) is 1.49. The number of hydrogen-bond acceptors (Lipinski definition) is 2. The van der Waals surface area contributed by atoms with Gasteiger partial charge in [-0.2, -0.15) is 0 Å². The van der Waals surface area contributed by atoms with Crippen LogP contribution in [0.25, 0.3) is 11.1 Å². The van der Waals surface area contributed by atoms with E-state index >= 15 is 0 Å². The van der Waals surface area contributed by atoms with Crippen LogP contribution in [-0.4, -0.2) is 14.4 Å². The molecule has 0 aliphatic heterocycles. The summed E-state index contributed by atoms with van der Waals surface area (Å²) in [5, 5.41) is 0. The van der Waals surface area contributed by atoms with Gasteiger partial charge >= 0.3 is 0 Å². The van der Waals surface area contributed by atoms with Crippen molar-refractivity contribution in [3.05, 3.63) is 59.0 Å². The minimum Gasteiger partial charge on any atom is -0.268 e. The molecular formula is C12H11NO2S. The summed E-state index contributed by atoms with van der Waals surface area (Å²) in [4.78, 5) is 11.6. The van der Waals surface area contributed by atoms with E-state index in [0.717, 1.165) is 11.1 Å². The van der Waals surface area contributed by atoms with Crippen molar-refractivity contribution in [2.24, 2.45) is 0 Å². The van der Waals surface area contributed by atoms with E-state index in [4.69, 9.17) is 0 Å². The first kappa shape index (κ1) is 10.8. The lowest BCUT2D eigenvalue weighted by molar-refractivity contribution is 0.680. The molecule has 0 saturated carbocycles. The Morgan fingerprint density at radius 2 is 1.75 bits per heavy atom. The molecule has 3 nitrogen and oxygen atoms in total. The highest BCUT2D eigenvalue weighted by atomic mass is 32.2.